The van der Waals surface area contributed by atoms with Crippen LogP contribution in [-0.2, 0) is 0 Å². The zero-order valence-corrected chi connectivity index (χ0v) is 10.7. The molecule has 16 heavy (non-hydrogen) atoms. The Labute approximate surface area is 101 Å². The van der Waals surface area contributed by atoms with E-state index in [0.29, 0.717) is 13.1 Å². The van der Waals surface area contributed by atoms with Gasteiger partial charge < -0.3 is 4.90 Å². The van der Waals surface area contributed by atoms with Gasteiger partial charge in [-0.25, -0.2) is 0 Å². The summed E-state index contributed by atoms with van der Waals surface area (Å²) in [6.45, 7) is 6.13. The van der Waals surface area contributed by atoms with Gasteiger partial charge in [-0.1, -0.05) is 13.8 Å². The van der Waals surface area contributed by atoms with Crippen LogP contribution in [-0.4, -0.2) is 36.5 Å². The van der Waals surface area contributed by atoms with Gasteiger partial charge >= 0.3 is 6.18 Å². The van der Waals surface area contributed by atoms with E-state index in [9.17, 15) is 13.2 Å². The summed E-state index contributed by atoms with van der Waals surface area (Å²) in [6.07, 6.45) is -3.52. The third kappa shape index (κ3) is 4.17. The van der Waals surface area contributed by atoms with Crippen LogP contribution in [0.15, 0.2) is 0 Å². The molecule has 0 bridgehead atoms. The molecule has 0 unspecified atom stereocenters. The van der Waals surface area contributed by atoms with Crippen molar-refractivity contribution in [1.29, 1.82) is 0 Å². The monoisotopic (exact) mass is 255 g/mol. The Balaban J connectivity index is 2.38. The minimum Gasteiger partial charge on any atom is -0.303 e. The van der Waals surface area contributed by atoms with E-state index in [-0.39, 0.29) is 18.3 Å². The minimum atomic E-state index is -4.01. The lowest BCUT2D eigenvalue weighted by atomic mass is 9.91. The molecule has 0 N–H and O–H groups in total. The molecule has 0 amide bonds. The van der Waals surface area contributed by atoms with Crippen molar-refractivity contribution in [1.82, 2.24) is 4.90 Å². The summed E-state index contributed by atoms with van der Waals surface area (Å²) >= 11 is 4.26. The number of hydrogen-bond donors (Lipinski definition) is 1. The van der Waals surface area contributed by atoms with Crippen molar-refractivity contribution < 1.29 is 13.2 Å². The molecule has 0 aliphatic carbocycles. The molecule has 0 radical (unpaired) electrons. The van der Waals surface area contributed by atoms with Crippen molar-refractivity contribution in [2.24, 2.45) is 11.3 Å². The van der Waals surface area contributed by atoms with Crippen LogP contribution in [0.5, 0.6) is 0 Å². The highest BCUT2D eigenvalue weighted by atomic mass is 32.1. The smallest absolute Gasteiger partial charge is 0.303 e. The van der Waals surface area contributed by atoms with Gasteiger partial charge in [0, 0.05) is 6.54 Å². The Morgan fingerprint density at radius 3 is 2.06 bits per heavy atom. The zero-order valence-electron chi connectivity index (χ0n) is 9.85. The predicted molar refractivity (Wildman–Crippen MR) is 62.9 cm³/mol. The van der Waals surface area contributed by atoms with E-state index in [1.807, 2.05) is 0 Å². The molecule has 1 nitrogen and oxygen atoms in total. The molecule has 0 aromatic carbocycles. The first-order valence-corrected chi connectivity index (χ1v) is 6.28. The molecule has 0 aromatic heterocycles. The van der Waals surface area contributed by atoms with Crippen molar-refractivity contribution >= 4 is 12.6 Å². The molecule has 1 aliphatic heterocycles. The zero-order chi connectivity index (χ0) is 12.4. The molecule has 0 spiro atoms. The van der Waals surface area contributed by atoms with Crippen LogP contribution >= 0.6 is 12.6 Å². The van der Waals surface area contributed by atoms with Gasteiger partial charge in [-0.2, -0.15) is 25.8 Å². The minimum absolute atomic E-state index is 0.0776. The number of rotatable bonds is 3. The standard InChI is InChI=1S/C11H20F3NS/c1-10(2,8-16)7-15-5-3-9(4-6-15)11(12,13)14/h9,16H,3-8H2,1-2H3. The van der Waals surface area contributed by atoms with E-state index in [1.54, 1.807) is 0 Å². The van der Waals surface area contributed by atoms with Gasteiger partial charge in [0.2, 0.25) is 0 Å². The third-order valence-electron chi connectivity index (χ3n) is 3.13. The van der Waals surface area contributed by atoms with Crippen LogP contribution in [0.3, 0.4) is 0 Å². The Morgan fingerprint density at radius 2 is 1.69 bits per heavy atom. The van der Waals surface area contributed by atoms with Gasteiger partial charge in [0.1, 0.15) is 0 Å². The Kier molecular flexibility index (Phi) is 4.57. The maximum absolute atomic E-state index is 12.4. The van der Waals surface area contributed by atoms with Crippen molar-refractivity contribution in [2.45, 2.75) is 32.9 Å². The van der Waals surface area contributed by atoms with Gasteiger partial charge in [-0.15, -0.1) is 0 Å². The maximum Gasteiger partial charge on any atom is 0.391 e. The van der Waals surface area contributed by atoms with Crippen molar-refractivity contribution in [3.8, 4) is 0 Å². The lowest BCUT2D eigenvalue weighted by Crippen LogP contribution is -2.43. The van der Waals surface area contributed by atoms with E-state index in [4.69, 9.17) is 0 Å². The second-order valence-electron chi connectivity index (χ2n) is 5.41. The van der Waals surface area contributed by atoms with Gasteiger partial charge in [-0.3, -0.25) is 0 Å². The highest BCUT2D eigenvalue weighted by Crippen LogP contribution is 2.34. The van der Waals surface area contributed by atoms with Gasteiger partial charge in [-0.05, 0) is 37.1 Å². The largest absolute Gasteiger partial charge is 0.391 e. The predicted octanol–water partition coefficient (Wildman–Crippen LogP) is 3.22. The fraction of sp³-hybridized carbons (Fsp3) is 1.00. The quantitative estimate of drug-likeness (QED) is 0.758. The van der Waals surface area contributed by atoms with E-state index in [2.05, 4.69) is 31.4 Å². The van der Waals surface area contributed by atoms with E-state index >= 15 is 0 Å². The summed E-state index contributed by atoms with van der Waals surface area (Å²) < 4.78 is 37.3. The molecule has 1 saturated heterocycles. The number of hydrogen-bond acceptors (Lipinski definition) is 2. The molecule has 1 fully saturated rings. The summed E-state index contributed by atoms with van der Waals surface area (Å²) in [5.41, 5.74) is 0.0776. The van der Waals surface area contributed by atoms with Crippen molar-refractivity contribution in [2.75, 3.05) is 25.4 Å². The molecule has 1 aliphatic rings. The van der Waals surface area contributed by atoms with Crippen LogP contribution in [0.1, 0.15) is 26.7 Å². The van der Waals surface area contributed by atoms with Crippen molar-refractivity contribution in [3.05, 3.63) is 0 Å². The number of thiol groups is 1. The van der Waals surface area contributed by atoms with Crippen molar-refractivity contribution in [3.63, 3.8) is 0 Å². The normalized spacial score (nSPS) is 21.4. The summed E-state index contributed by atoms with van der Waals surface area (Å²) in [7, 11) is 0. The first-order valence-electron chi connectivity index (χ1n) is 5.64. The highest BCUT2D eigenvalue weighted by Gasteiger charge is 2.41. The Bertz CT molecular complexity index is 220. The third-order valence-corrected chi connectivity index (χ3v) is 3.99. The number of alkyl halides is 3. The van der Waals surface area contributed by atoms with E-state index in [1.165, 1.54) is 0 Å². The molecule has 96 valence electrons. The molecule has 0 saturated carbocycles. The van der Waals surface area contributed by atoms with E-state index in [0.717, 1.165) is 12.3 Å². The van der Waals surface area contributed by atoms with Gasteiger partial charge in [0.25, 0.3) is 0 Å². The molecule has 1 heterocycles. The topological polar surface area (TPSA) is 3.24 Å². The van der Waals surface area contributed by atoms with Gasteiger partial charge in [0.05, 0.1) is 5.92 Å². The van der Waals surface area contributed by atoms with Crippen LogP contribution in [0, 0.1) is 11.3 Å². The highest BCUT2D eigenvalue weighted by molar-refractivity contribution is 7.80. The fourth-order valence-corrected chi connectivity index (χ4v) is 2.17. The van der Waals surface area contributed by atoms with Gasteiger partial charge in [0.15, 0.2) is 0 Å². The summed E-state index contributed by atoms with van der Waals surface area (Å²) in [5, 5.41) is 0. The maximum atomic E-state index is 12.4. The van der Waals surface area contributed by atoms with Crippen LogP contribution in [0.25, 0.3) is 0 Å². The molecule has 0 atom stereocenters. The SMILES string of the molecule is CC(C)(CS)CN1CCC(C(F)(F)F)CC1. The van der Waals surface area contributed by atoms with Crippen LogP contribution in [0.2, 0.25) is 0 Å². The number of halogens is 3. The second kappa shape index (κ2) is 5.17. The molecule has 5 heteroatoms. The van der Waals surface area contributed by atoms with Crippen LogP contribution in [0.4, 0.5) is 13.2 Å². The average molecular weight is 255 g/mol. The first-order chi connectivity index (χ1) is 7.24. The Morgan fingerprint density at radius 1 is 1.19 bits per heavy atom. The second-order valence-corrected chi connectivity index (χ2v) is 5.73. The summed E-state index contributed by atoms with van der Waals surface area (Å²) in [6, 6.07) is 0. The number of nitrogens with zero attached hydrogens (tertiary/aromatic N) is 1. The lowest BCUT2D eigenvalue weighted by molar-refractivity contribution is -0.185. The molecule has 0 aromatic rings. The first kappa shape index (κ1) is 14.2. The average Bonchev–Trinajstić information content (AvgIpc) is 2.16. The number of piperidine rings is 1. The Hall–Kier alpha value is 0.100. The summed E-state index contributed by atoms with van der Waals surface area (Å²) in [4.78, 5) is 2.12. The molecular weight excluding hydrogens is 235 g/mol. The molecule has 1 rings (SSSR count). The van der Waals surface area contributed by atoms with E-state index < -0.39 is 12.1 Å². The lowest BCUT2D eigenvalue weighted by Gasteiger charge is -2.37. The summed E-state index contributed by atoms with van der Waals surface area (Å²) in [5.74, 6) is -0.338. The number of likely N-dealkylation sites (tertiary alicyclic amines) is 1. The molecular formula is C11H20F3NS. The fourth-order valence-electron chi connectivity index (χ4n) is 2.07. The van der Waals surface area contributed by atoms with Crippen LogP contribution < -0.4 is 0 Å².